The Labute approximate surface area is 127 Å². The average Bonchev–Trinajstić information content (AvgIpc) is 2.93. The summed E-state index contributed by atoms with van der Waals surface area (Å²) in [6.45, 7) is 3.89. The number of ether oxygens (including phenoxy) is 3. The zero-order valence-corrected chi connectivity index (χ0v) is 12.3. The molecule has 2 N–H and O–H groups in total. The summed E-state index contributed by atoms with van der Waals surface area (Å²) in [5.41, 5.74) is 1.46. The van der Waals surface area contributed by atoms with Gasteiger partial charge in [0.05, 0.1) is 23.9 Å². The van der Waals surface area contributed by atoms with E-state index in [1.165, 1.54) is 0 Å². The lowest BCUT2D eigenvalue weighted by molar-refractivity contribution is -0.138. The van der Waals surface area contributed by atoms with Crippen LogP contribution in [0.5, 0.6) is 11.5 Å². The largest absolute Gasteiger partial charge is 0.463 e. The number of hydrogen-bond acceptors (Lipinski definition) is 5. The van der Waals surface area contributed by atoms with E-state index in [-0.39, 0.29) is 19.4 Å². The molecule has 0 fully saturated rings. The molecular weight excluding hydrogens is 288 g/mol. The van der Waals surface area contributed by atoms with Crippen LogP contribution in [0.1, 0.15) is 19.4 Å². The van der Waals surface area contributed by atoms with Gasteiger partial charge in [-0.3, -0.25) is 0 Å². The van der Waals surface area contributed by atoms with E-state index < -0.39 is 12.0 Å². The van der Waals surface area contributed by atoms with Crippen LogP contribution in [0, 0.1) is 0 Å². The zero-order chi connectivity index (χ0) is 15.7. The minimum atomic E-state index is -0.463. The number of nitrogens with one attached hydrogen (secondary N) is 2. The molecule has 0 spiro atoms. The number of benzene rings is 1. The Hall–Kier alpha value is -2.70. The summed E-state index contributed by atoms with van der Waals surface area (Å²) in [6.07, 6.45) is 0. The van der Waals surface area contributed by atoms with Crippen LogP contribution in [0.3, 0.4) is 0 Å². The molecule has 1 aromatic carbocycles. The van der Waals surface area contributed by atoms with Crippen molar-refractivity contribution in [1.82, 2.24) is 10.6 Å². The number of carbonyl (C=O) groups is 2. The van der Waals surface area contributed by atoms with Crippen molar-refractivity contribution in [3.8, 4) is 11.5 Å². The molecule has 7 nitrogen and oxygen atoms in total. The first-order chi connectivity index (χ1) is 10.6. The molecule has 116 valence electrons. The molecule has 0 saturated heterocycles. The van der Waals surface area contributed by atoms with Gasteiger partial charge in [-0.25, -0.2) is 9.59 Å². The number of urea groups is 1. The van der Waals surface area contributed by atoms with Crippen molar-refractivity contribution in [2.45, 2.75) is 19.9 Å². The molecule has 0 aromatic heterocycles. The highest BCUT2D eigenvalue weighted by atomic mass is 16.7. The first kappa shape index (κ1) is 14.2. The van der Waals surface area contributed by atoms with Crippen molar-refractivity contribution < 1.29 is 23.8 Å². The zero-order valence-electron chi connectivity index (χ0n) is 12.3. The van der Waals surface area contributed by atoms with Gasteiger partial charge in [0.15, 0.2) is 11.5 Å². The van der Waals surface area contributed by atoms with Crippen molar-refractivity contribution in [1.29, 1.82) is 0 Å². The van der Waals surface area contributed by atoms with E-state index in [0.717, 1.165) is 0 Å². The van der Waals surface area contributed by atoms with Crippen LogP contribution in [-0.4, -0.2) is 31.4 Å². The molecule has 0 radical (unpaired) electrons. The number of rotatable bonds is 3. The summed E-state index contributed by atoms with van der Waals surface area (Å²) >= 11 is 0. The summed E-state index contributed by atoms with van der Waals surface area (Å²) in [7, 11) is 0. The van der Waals surface area contributed by atoms with Crippen molar-refractivity contribution in [3.63, 3.8) is 0 Å². The van der Waals surface area contributed by atoms with Gasteiger partial charge >= 0.3 is 12.0 Å². The maximum atomic E-state index is 12.2. The van der Waals surface area contributed by atoms with Crippen LogP contribution >= 0.6 is 0 Å². The number of hydrogen-bond donors (Lipinski definition) is 2. The minimum Gasteiger partial charge on any atom is -0.463 e. The first-order valence-electron chi connectivity index (χ1n) is 6.99. The molecule has 1 atom stereocenters. The predicted octanol–water partition coefficient (Wildman–Crippen LogP) is 1.39. The van der Waals surface area contributed by atoms with Gasteiger partial charge in [0.25, 0.3) is 0 Å². The summed E-state index contributed by atoms with van der Waals surface area (Å²) in [6, 6.07) is 4.42. The summed E-state index contributed by atoms with van der Waals surface area (Å²) in [5, 5.41) is 5.33. The molecule has 2 heterocycles. The summed E-state index contributed by atoms with van der Waals surface area (Å²) < 4.78 is 15.7. The van der Waals surface area contributed by atoms with E-state index in [0.29, 0.717) is 28.3 Å². The van der Waals surface area contributed by atoms with Gasteiger partial charge in [-0.15, -0.1) is 0 Å². The predicted molar refractivity (Wildman–Crippen MR) is 77.2 cm³/mol. The Morgan fingerprint density at radius 3 is 2.91 bits per heavy atom. The van der Waals surface area contributed by atoms with Crippen molar-refractivity contribution in [3.05, 3.63) is 29.3 Å². The van der Waals surface area contributed by atoms with Gasteiger partial charge in [0, 0.05) is 5.56 Å². The van der Waals surface area contributed by atoms with E-state index in [9.17, 15) is 9.59 Å². The molecule has 2 aliphatic heterocycles. The molecule has 22 heavy (non-hydrogen) atoms. The number of fused-ring (bicyclic) bond motifs is 1. The Balaban J connectivity index is 2.07. The van der Waals surface area contributed by atoms with Crippen LogP contribution in [0.15, 0.2) is 23.8 Å². The second kappa shape index (κ2) is 5.59. The minimum absolute atomic E-state index is 0.160. The molecular formula is C15H16N2O5. The molecule has 1 aromatic rings. The van der Waals surface area contributed by atoms with Crippen molar-refractivity contribution >= 4 is 17.7 Å². The quantitative estimate of drug-likeness (QED) is 0.824. The van der Waals surface area contributed by atoms with E-state index >= 15 is 0 Å². The van der Waals surface area contributed by atoms with Gasteiger partial charge in [0.1, 0.15) is 0 Å². The van der Waals surface area contributed by atoms with E-state index in [1.54, 1.807) is 32.0 Å². The number of esters is 1. The molecule has 3 rings (SSSR count). The Bertz CT molecular complexity index is 668. The molecule has 0 unspecified atom stereocenters. The van der Waals surface area contributed by atoms with Crippen molar-refractivity contribution in [2.24, 2.45) is 0 Å². The molecule has 0 aliphatic carbocycles. The third-order valence-electron chi connectivity index (χ3n) is 3.45. The summed E-state index contributed by atoms with van der Waals surface area (Å²) in [5.74, 6) is 0.749. The van der Waals surface area contributed by atoms with E-state index in [1.807, 2.05) is 0 Å². The average molecular weight is 304 g/mol. The molecule has 0 bridgehead atoms. The smallest absolute Gasteiger partial charge is 0.338 e. The fourth-order valence-corrected chi connectivity index (χ4v) is 2.47. The number of carbonyl (C=O) groups excluding carboxylic acids is 2. The monoisotopic (exact) mass is 304 g/mol. The standard InChI is InChI=1S/C15H16N2O5/c1-3-20-14(18)12-8(2)16-15(19)17-13(12)9-4-5-10-11(6-9)22-7-21-10/h4-6,8H,3,7H2,1-2H3,(H2,16,17,19)/t8-/m0/s1. The fourth-order valence-electron chi connectivity index (χ4n) is 2.47. The number of amides is 2. The topological polar surface area (TPSA) is 85.9 Å². The van der Waals surface area contributed by atoms with Gasteiger partial charge in [-0.1, -0.05) is 0 Å². The fraction of sp³-hybridized carbons (Fsp3) is 0.333. The second-order valence-electron chi connectivity index (χ2n) is 4.90. The maximum Gasteiger partial charge on any atom is 0.338 e. The van der Waals surface area contributed by atoms with Crippen molar-refractivity contribution in [2.75, 3.05) is 13.4 Å². The first-order valence-corrected chi connectivity index (χ1v) is 6.99. The Kier molecular flexibility index (Phi) is 3.62. The second-order valence-corrected chi connectivity index (χ2v) is 4.90. The van der Waals surface area contributed by atoms with Crippen LogP contribution in [-0.2, 0) is 9.53 Å². The van der Waals surface area contributed by atoms with Gasteiger partial charge in [-0.2, -0.15) is 0 Å². The lowest BCUT2D eigenvalue weighted by atomic mass is 9.99. The summed E-state index contributed by atoms with van der Waals surface area (Å²) in [4.78, 5) is 24.0. The molecule has 2 aliphatic rings. The van der Waals surface area contributed by atoms with E-state index in [4.69, 9.17) is 14.2 Å². The lowest BCUT2D eigenvalue weighted by Gasteiger charge is -2.26. The third-order valence-corrected chi connectivity index (χ3v) is 3.45. The van der Waals surface area contributed by atoms with E-state index in [2.05, 4.69) is 10.6 Å². The molecule has 0 saturated carbocycles. The van der Waals surface area contributed by atoms with Crippen LogP contribution in [0.4, 0.5) is 4.79 Å². The highest BCUT2D eigenvalue weighted by molar-refractivity contribution is 6.04. The third kappa shape index (κ3) is 2.45. The SMILES string of the molecule is CCOC(=O)C1=C(c2ccc3c(c2)OCO3)NC(=O)N[C@H]1C. The Morgan fingerprint density at radius 2 is 2.14 bits per heavy atom. The van der Waals surface area contributed by atoms with Gasteiger partial charge in [-0.05, 0) is 32.0 Å². The van der Waals surface area contributed by atoms with Crippen LogP contribution in [0.25, 0.3) is 5.70 Å². The lowest BCUT2D eigenvalue weighted by Crippen LogP contribution is -2.48. The van der Waals surface area contributed by atoms with Crippen LogP contribution < -0.4 is 20.1 Å². The maximum absolute atomic E-state index is 12.2. The normalized spacial score (nSPS) is 19.5. The van der Waals surface area contributed by atoms with Crippen LogP contribution in [0.2, 0.25) is 0 Å². The molecule has 7 heteroatoms. The van der Waals surface area contributed by atoms with Gasteiger partial charge in [0.2, 0.25) is 6.79 Å². The highest BCUT2D eigenvalue weighted by Crippen LogP contribution is 2.35. The van der Waals surface area contributed by atoms with Gasteiger partial charge < -0.3 is 24.8 Å². The highest BCUT2D eigenvalue weighted by Gasteiger charge is 2.31. The molecule has 2 amide bonds. The Morgan fingerprint density at radius 1 is 1.36 bits per heavy atom.